The number of nitrogens with zero attached hydrogens (tertiary/aromatic N) is 1. The van der Waals surface area contributed by atoms with Crippen LogP contribution in [0.15, 0.2) is 16.4 Å². The van der Waals surface area contributed by atoms with Crippen LogP contribution in [0.3, 0.4) is 0 Å². The van der Waals surface area contributed by atoms with Gasteiger partial charge in [-0.3, -0.25) is 4.99 Å². The molecular formula is C13H18N2O7-2. The highest BCUT2D eigenvalue weighted by Gasteiger charge is 2.38. The molecule has 0 radical (unpaired) electrons. The topological polar surface area (TPSA) is 154 Å². The number of carboxylic acid groups (broad SMARTS) is 2. The Morgan fingerprint density at radius 1 is 1.45 bits per heavy atom. The number of hydrogen-bond donors (Lipinski definition) is 3. The number of aliphatic imine (C=N–C) groups is 1. The van der Waals surface area contributed by atoms with Crippen LogP contribution in [0.25, 0.3) is 0 Å². The largest absolute Gasteiger partial charge is 0.548 e. The molecule has 0 saturated carbocycles. The minimum absolute atomic E-state index is 0.0996. The van der Waals surface area contributed by atoms with Gasteiger partial charge in [0.2, 0.25) is 0 Å². The van der Waals surface area contributed by atoms with Gasteiger partial charge < -0.3 is 40.1 Å². The Morgan fingerprint density at radius 3 is 2.55 bits per heavy atom. The fourth-order valence-corrected chi connectivity index (χ4v) is 2.12. The zero-order valence-corrected chi connectivity index (χ0v) is 12.3. The average molecular weight is 314 g/mol. The number of ether oxygens (including phenoxy) is 1. The predicted octanol–water partition coefficient (Wildman–Crippen LogP) is -3.72. The fourth-order valence-electron chi connectivity index (χ4n) is 2.12. The molecule has 1 rings (SSSR count). The van der Waals surface area contributed by atoms with Gasteiger partial charge in [-0.1, -0.05) is 0 Å². The highest BCUT2D eigenvalue weighted by Crippen LogP contribution is 2.30. The van der Waals surface area contributed by atoms with Crippen molar-refractivity contribution in [3.8, 4) is 0 Å². The molecule has 0 aromatic rings. The molecule has 0 spiro atoms. The van der Waals surface area contributed by atoms with Crippen LogP contribution < -0.4 is 15.5 Å². The van der Waals surface area contributed by atoms with E-state index in [0.29, 0.717) is 0 Å². The molecular weight excluding hydrogens is 296 g/mol. The van der Waals surface area contributed by atoms with Gasteiger partial charge in [0, 0.05) is 12.8 Å². The molecule has 22 heavy (non-hydrogen) atoms. The van der Waals surface area contributed by atoms with E-state index >= 15 is 0 Å². The van der Waals surface area contributed by atoms with E-state index in [0.717, 1.165) is 0 Å². The highest BCUT2D eigenvalue weighted by molar-refractivity contribution is 6.01. The number of carbonyl (C=O) groups excluding carboxylic acids is 2. The minimum Gasteiger partial charge on any atom is -0.548 e. The van der Waals surface area contributed by atoms with E-state index in [1.54, 1.807) is 0 Å². The number of hydrogen-bond acceptors (Lipinski definition) is 9. The lowest BCUT2D eigenvalue weighted by Crippen LogP contribution is -2.48. The van der Waals surface area contributed by atoms with Gasteiger partial charge in [0.25, 0.3) is 0 Å². The van der Waals surface area contributed by atoms with E-state index in [2.05, 4.69) is 10.3 Å². The quantitative estimate of drug-likeness (QED) is 0.433. The van der Waals surface area contributed by atoms with Gasteiger partial charge >= 0.3 is 0 Å². The molecule has 0 bridgehead atoms. The normalized spacial score (nSPS) is 25.0. The van der Waals surface area contributed by atoms with Crippen molar-refractivity contribution in [1.29, 1.82) is 0 Å². The number of carbonyl (C=O) groups is 2. The summed E-state index contributed by atoms with van der Waals surface area (Å²) >= 11 is 0. The van der Waals surface area contributed by atoms with Crippen molar-refractivity contribution < 1.29 is 34.8 Å². The average Bonchev–Trinajstić information content (AvgIpc) is 2.44. The van der Waals surface area contributed by atoms with E-state index in [9.17, 15) is 30.0 Å². The van der Waals surface area contributed by atoms with Crippen LogP contribution >= 0.6 is 0 Å². The summed E-state index contributed by atoms with van der Waals surface area (Å²) in [5.74, 6) is -2.65. The third-order valence-corrected chi connectivity index (χ3v) is 3.18. The van der Waals surface area contributed by atoms with Crippen molar-refractivity contribution >= 4 is 17.7 Å². The summed E-state index contributed by atoms with van der Waals surface area (Å²) in [5.41, 5.74) is -1.30. The van der Waals surface area contributed by atoms with E-state index in [-0.39, 0.29) is 30.0 Å². The summed E-state index contributed by atoms with van der Waals surface area (Å²) in [7, 11) is 1.30. The molecule has 2 atom stereocenters. The lowest BCUT2D eigenvalue weighted by Gasteiger charge is -2.35. The molecule has 0 unspecified atom stereocenters. The van der Waals surface area contributed by atoms with Crippen LogP contribution in [0.5, 0.6) is 0 Å². The van der Waals surface area contributed by atoms with Gasteiger partial charge in [0.1, 0.15) is 0 Å². The monoisotopic (exact) mass is 314 g/mol. The van der Waals surface area contributed by atoms with E-state index in [1.165, 1.54) is 14.0 Å². The molecule has 1 aliphatic carbocycles. The highest BCUT2D eigenvalue weighted by atomic mass is 16.5. The van der Waals surface area contributed by atoms with Crippen LogP contribution in [-0.4, -0.2) is 59.8 Å². The van der Waals surface area contributed by atoms with Crippen LogP contribution in [-0.2, 0) is 14.3 Å². The third kappa shape index (κ3) is 4.43. The fraction of sp³-hybridized carbons (Fsp3) is 0.615. The van der Waals surface area contributed by atoms with Crippen LogP contribution in [0.4, 0.5) is 0 Å². The van der Waals surface area contributed by atoms with Gasteiger partial charge in [-0.2, -0.15) is 0 Å². The van der Waals surface area contributed by atoms with Crippen molar-refractivity contribution in [2.45, 2.75) is 31.4 Å². The maximum absolute atomic E-state index is 10.8. The SMILES string of the molecule is COC1=C(N[C@@H](C)C(=O)[O-])C[C@](O)(CO)CC1=NCC(=O)[O-]. The van der Waals surface area contributed by atoms with Gasteiger partial charge in [-0.15, -0.1) is 0 Å². The number of rotatable bonds is 7. The first-order chi connectivity index (χ1) is 10.2. The maximum atomic E-state index is 10.8. The second kappa shape index (κ2) is 7.23. The predicted molar refractivity (Wildman–Crippen MR) is 70.2 cm³/mol. The minimum atomic E-state index is -1.60. The maximum Gasteiger partial charge on any atom is 0.158 e. The summed E-state index contributed by atoms with van der Waals surface area (Å²) in [6, 6.07) is -1.08. The zero-order valence-electron chi connectivity index (χ0n) is 12.3. The summed E-state index contributed by atoms with van der Waals surface area (Å²) in [6.45, 7) is 0.0758. The molecule has 124 valence electrons. The molecule has 0 heterocycles. The first-order valence-electron chi connectivity index (χ1n) is 6.53. The molecule has 0 aromatic heterocycles. The summed E-state index contributed by atoms with van der Waals surface area (Å²) in [6.07, 6.45) is -0.237. The van der Waals surface area contributed by atoms with Gasteiger partial charge in [0.15, 0.2) is 5.76 Å². The van der Waals surface area contributed by atoms with E-state index < -0.39 is 36.7 Å². The lowest BCUT2D eigenvalue weighted by molar-refractivity contribution is -0.308. The Morgan fingerprint density at radius 2 is 2.09 bits per heavy atom. The zero-order chi connectivity index (χ0) is 16.9. The van der Waals surface area contributed by atoms with E-state index in [4.69, 9.17) is 4.74 Å². The number of methoxy groups -OCH3 is 1. The number of aliphatic carboxylic acids is 2. The molecule has 9 heteroatoms. The molecule has 0 aromatic carbocycles. The Kier molecular flexibility index (Phi) is 5.89. The number of carboxylic acids is 2. The molecule has 0 saturated heterocycles. The summed E-state index contributed by atoms with van der Waals surface area (Å²) < 4.78 is 5.13. The first-order valence-corrected chi connectivity index (χ1v) is 6.53. The summed E-state index contributed by atoms with van der Waals surface area (Å²) in [5, 5.41) is 43.5. The van der Waals surface area contributed by atoms with Crippen molar-refractivity contribution in [3.63, 3.8) is 0 Å². The first kappa shape index (κ1) is 17.9. The standard InChI is InChI=1S/C13H20N2O7/c1-7(12(19)20)15-9-4-13(21,6-16)3-8(11(9)22-2)14-5-10(17)18/h7,15-16,21H,3-6H2,1-2H3,(H,17,18)(H,19,20)/p-2/t7-,13-/m0/s1. The van der Waals surface area contributed by atoms with Crippen LogP contribution in [0.1, 0.15) is 19.8 Å². The van der Waals surface area contributed by atoms with Crippen LogP contribution in [0, 0.1) is 0 Å². The second-order valence-electron chi connectivity index (χ2n) is 5.07. The van der Waals surface area contributed by atoms with Crippen molar-refractivity contribution in [3.05, 3.63) is 11.5 Å². The van der Waals surface area contributed by atoms with Gasteiger partial charge in [-0.25, -0.2) is 0 Å². The summed E-state index contributed by atoms with van der Waals surface area (Å²) in [4.78, 5) is 25.1. The Bertz CT molecular complexity index is 515. The van der Waals surface area contributed by atoms with Crippen LogP contribution in [0.2, 0.25) is 0 Å². The molecule has 0 aliphatic heterocycles. The Labute approximate surface area is 126 Å². The molecule has 1 aliphatic rings. The smallest absolute Gasteiger partial charge is 0.158 e. The van der Waals surface area contributed by atoms with Crippen molar-refractivity contribution in [1.82, 2.24) is 5.32 Å². The molecule has 0 fully saturated rings. The molecule has 0 amide bonds. The molecule has 3 N–H and O–H groups in total. The lowest BCUT2D eigenvalue weighted by atomic mass is 9.85. The van der Waals surface area contributed by atoms with Crippen molar-refractivity contribution in [2.24, 2.45) is 4.99 Å². The molecule has 9 nitrogen and oxygen atoms in total. The number of aliphatic hydroxyl groups excluding tert-OH is 1. The van der Waals surface area contributed by atoms with E-state index in [1.807, 2.05) is 0 Å². The number of aliphatic hydroxyl groups is 2. The third-order valence-electron chi connectivity index (χ3n) is 3.18. The number of nitrogens with one attached hydrogen (secondary N) is 1. The van der Waals surface area contributed by atoms with Gasteiger partial charge in [-0.05, 0) is 6.92 Å². The Hall–Kier alpha value is -2.13. The number of allylic oxidation sites excluding steroid dienone is 1. The van der Waals surface area contributed by atoms with Gasteiger partial charge in [0.05, 0.1) is 55.3 Å². The van der Waals surface area contributed by atoms with Crippen molar-refractivity contribution in [2.75, 3.05) is 20.3 Å². The Balaban J connectivity index is 3.21. The second-order valence-corrected chi connectivity index (χ2v) is 5.07.